The molecule has 18 heavy (non-hydrogen) atoms. The summed E-state index contributed by atoms with van der Waals surface area (Å²) in [4.78, 5) is 0. The van der Waals surface area contributed by atoms with Crippen LogP contribution in [0.15, 0.2) is 48.3 Å². The first-order valence-electron chi connectivity index (χ1n) is 5.76. The standard InChI is InChI=1S/C14H16NO3/c1-17-13-8-6-11(7-9-13)15(16)12-4-3-5-14(10-12)18-2/h3-9,12H,10H2,1-2H3/q-1. The molecule has 0 bridgehead atoms. The first-order valence-corrected chi connectivity index (χ1v) is 5.76. The third-order valence-corrected chi connectivity index (χ3v) is 2.92. The van der Waals surface area contributed by atoms with Crippen LogP contribution >= 0.6 is 0 Å². The number of hydroxylamine groups is 1. The highest BCUT2D eigenvalue weighted by Crippen LogP contribution is 2.25. The number of ether oxygens (including phenoxy) is 2. The zero-order valence-corrected chi connectivity index (χ0v) is 10.5. The molecule has 0 spiro atoms. The molecule has 1 aromatic carbocycles. The van der Waals surface area contributed by atoms with Gasteiger partial charge in [0.05, 0.1) is 20.0 Å². The summed E-state index contributed by atoms with van der Waals surface area (Å²) < 4.78 is 10.2. The Hall–Kier alpha value is -1.94. The van der Waals surface area contributed by atoms with E-state index in [2.05, 4.69) is 0 Å². The van der Waals surface area contributed by atoms with Crippen molar-refractivity contribution in [2.45, 2.75) is 12.5 Å². The summed E-state index contributed by atoms with van der Waals surface area (Å²) in [7, 11) is 3.22. The summed E-state index contributed by atoms with van der Waals surface area (Å²) in [5, 5.41) is 13.2. The lowest BCUT2D eigenvalue weighted by Gasteiger charge is -2.38. The molecule has 96 valence electrons. The van der Waals surface area contributed by atoms with Crippen LogP contribution in [0.3, 0.4) is 0 Å². The van der Waals surface area contributed by atoms with Gasteiger partial charge in [0, 0.05) is 18.2 Å². The molecule has 0 N–H and O–H groups in total. The summed E-state index contributed by atoms with van der Waals surface area (Å²) >= 11 is 0. The van der Waals surface area contributed by atoms with Crippen LogP contribution in [-0.2, 0) is 4.74 Å². The van der Waals surface area contributed by atoms with Crippen LogP contribution < -0.4 is 9.80 Å². The first-order chi connectivity index (χ1) is 8.74. The molecule has 0 saturated carbocycles. The van der Waals surface area contributed by atoms with Crippen molar-refractivity contribution in [1.29, 1.82) is 0 Å². The van der Waals surface area contributed by atoms with E-state index in [0.717, 1.165) is 16.6 Å². The van der Waals surface area contributed by atoms with Crippen molar-refractivity contribution in [3.63, 3.8) is 0 Å². The van der Waals surface area contributed by atoms with Crippen LogP contribution in [0.25, 0.3) is 0 Å². The molecule has 0 aliphatic heterocycles. The molecule has 1 aromatic rings. The number of benzene rings is 1. The smallest absolute Gasteiger partial charge is 0.119 e. The van der Waals surface area contributed by atoms with Gasteiger partial charge in [-0.25, -0.2) is 0 Å². The van der Waals surface area contributed by atoms with E-state index in [4.69, 9.17) is 9.47 Å². The van der Waals surface area contributed by atoms with Gasteiger partial charge < -0.3 is 19.7 Å². The lowest BCUT2D eigenvalue weighted by atomic mass is 10.1. The first kappa shape index (κ1) is 12.5. The van der Waals surface area contributed by atoms with Gasteiger partial charge in [0.1, 0.15) is 5.75 Å². The van der Waals surface area contributed by atoms with Crippen molar-refractivity contribution in [3.05, 3.63) is 53.5 Å². The lowest BCUT2D eigenvalue weighted by Crippen LogP contribution is -2.29. The maximum Gasteiger partial charge on any atom is 0.119 e. The van der Waals surface area contributed by atoms with Crippen LogP contribution in [0.5, 0.6) is 5.75 Å². The predicted octanol–water partition coefficient (Wildman–Crippen LogP) is 2.86. The topological polar surface area (TPSA) is 44.8 Å². The molecule has 1 unspecified atom stereocenters. The Labute approximate surface area is 107 Å². The van der Waals surface area contributed by atoms with E-state index >= 15 is 0 Å². The Balaban J connectivity index is 2.09. The van der Waals surface area contributed by atoms with E-state index in [0.29, 0.717) is 12.1 Å². The van der Waals surface area contributed by atoms with Gasteiger partial charge in [-0.3, -0.25) is 0 Å². The molecule has 4 heteroatoms. The minimum absolute atomic E-state index is 0.224. The fourth-order valence-electron chi connectivity index (χ4n) is 1.87. The molecular weight excluding hydrogens is 230 g/mol. The second-order valence-electron chi connectivity index (χ2n) is 4.02. The van der Waals surface area contributed by atoms with Crippen molar-refractivity contribution in [1.82, 2.24) is 0 Å². The normalized spacial score (nSPS) is 18.2. The highest BCUT2D eigenvalue weighted by molar-refractivity contribution is 5.52. The minimum atomic E-state index is -0.224. The molecule has 0 radical (unpaired) electrons. The van der Waals surface area contributed by atoms with E-state index < -0.39 is 0 Å². The second-order valence-corrected chi connectivity index (χ2v) is 4.02. The summed E-state index contributed by atoms with van der Waals surface area (Å²) in [5.74, 6) is 1.56. The van der Waals surface area contributed by atoms with E-state index in [1.165, 1.54) is 0 Å². The van der Waals surface area contributed by atoms with Gasteiger partial charge in [-0.05, 0) is 30.3 Å². The van der Waals surface area contributed by atoms with Gasteiger partial charge >= 0.3 is 0 Å². The third kappa shape index (κ3) is 2.65. The van der Waals surface area contributed by atoms with Crippen LogP contribution in [0.1, 0.15) is 6.42 Å². The lowest BCUT2D eigenvalue weighted by molar-refractivity contribution is 0.272. The Bertz CT molecular complexity index is 451. The Morgan fingerprint density at radius 1 is 1.17 bits per heavy atom. The molecule has 4 nitrogen and oxygen atoms in total. The van der Waals surface area contributed by atoms with Crippen molar-refractivity contribution in [2.75, 3.05) is 19.3 Å². The van der Waals surface area contributed by atoms with Gasteiger partial charge in [-0.2, -0.15) is 0 Å². The Morgan fingerprint density at radius 3 is 2.50 bits per heavy atom. The van der Waals surface area contributed by atoms with Gasteiger partial charge in [0.2, 0.25) is 0 Å². The SMILES string of the molecule is COC1=CC=CC(N([O-])c2ccc(OC)cc2)C1. The number of anilines is 1. The van der Waals surface area contributed by atoms with Crippen LogP contribution in [-0.4, -0.2) is 20.3 Å². The highest BCUT2D eigenvalue weighted by Gasteiger charge is 2.14. The highest BCUT2D eigenvalue weighted by atomic mass is 16.5. The fraction of sp³-hybridized carbons (Fsp3) is 0.286. The van der Waals surface area contributed by atoms with Gasteiger partial charge in [0.15, 0.2) is 0 Å². The van der Waals surface area contributed by atoms with E-state index in [-0.39, 0.29) is 6.04 Å². The monoisotopic (exact) mass is 246 g/mol. The van der Waals surface area contributed by atoms with Gasteiger partial charge in [0.25, 0.3) is 0 Å². The van der Waals surface area contributed by atoms with Crippen molar-refractivity contribution in [3.8, 4) is 5.75 Å². The summed E-state index contributed by atoms with van der Waals surface area (Å²) in [6.07, 6.45) is 6.18. The summed E-state index contributed by atoms with van der Waals surface area (Å²) in [6.45, 7) is 0. The number of nitrogens with zero attached hydrogens (tertiary/aromatic N) is 1. The molecule has 1 aliphatic rings. The molecule has 2 rings (SSSR count). The number of methoxy groups -OCH3 is 2. The molecule has 0 amide bonds. The quantitative estimate of drug-likeness (QED) is 0.766. The molecule has 1 aliphatic carbocycles. The molecule has 0 fully saturated rings. The third-order valence-electron chi connectivity index (χ3n) is 2.92. The number of allylic oxidation sites excluding steroid dienone is 2. The van der Waals surface area contributed by atoms with Gasteiger partial charge in [-0.15, -0.1) is 0 Å². The fourth-order valence-corrected chi connectivity index (χ4v) is 1.87. The zero-order chi connectivity index (χ0) is 13.0. The van der Waals surface area contributed by atoms with E-state index in [9.17, 15) is 5.21 Å². The summed E-state index contributed by atoms with van der Waals surface area (Å²) in [6, 6.07) is 6.84. The minimum Gasteiger partial charge on any atom is -0.758 e. The van der Waals surface area contributed by atoms with Crippen molar-refractivity contribution < 1.29 is 9.47 Å². The summed E-state index contributed by atoms with van der Waals surface area (Å²) in [5.41, 5.74) is 0.614. The maximum atomic E-state index is 12.2. The van der Waals surface area contributed by atoms with E-state index in [1.54, 1.807) is 38.5 Å². The average Bonchev–Trinajstić information content (AvgIpc) is 2.46. The molecule has 0 saturated heterocycles. The number of hydrogen-bond donors (Lipinski definition) is 0. The van der Waals surface area contributed by atoms with Gasteiger partial charge in [-0.1, -0.05) is 12.2 Å². The maximum absolute atomic E-state index is 12.2. The zero-order valence-electron chi connectivity index (χ0n) is 10.5. The van der Waals surface area contributed by atoms with Crippen molar-refractivity contribution in [2.24, 2.45) is 0 Å². The average molecular weight is 246 g/mol. The molecule has 1 atom stereocenters. The van der Waals surface area contributed by atoms with E-state index in [1.807, 2.05) is 18.2 Å². The second kappa shape index (κ2) is 5.60. The molecule has 0 heterocycles. The van der Waals surface area contributed by atoms with Crippen LogP contribution in [0, 0.1) is 5.21 Å². The largest absolute Gasteiger partial charge is 0.758 e. The predicted molar refractivity (Wildman–Crippen MR) is 71.5 cm³/mol. The number of hydrogen-bond acceptors (Lipinski definition) is 4. The van der Waals surface area contributed by atoms with Crippen molar-refractivity contribution >= 4 is 5.69 Å². The molecule has 0 aromatic heterocycles. The Kier molecular flexibility index (Phi) is 3.89. The Morgan fingerprint density at radius 2 is 1.89 bits per heavy atom. The molecular formula is C14H16NO3-. The van der Waals surface area contributed by atoms with Crippen LogP contribution in [0.2, 0.25) is 0 Å². The number of rotatable bonds is 4. The van der Waals surface area contributed by atoms with Crippen LogP contribution in [0.4, 0.5) is 5.69 Å².